The largest absolute Gasteiger partial charge is 0.379 e. The van der Waals surface area contributed by atoms with E-state index in [1.54, 1.807) is 6.92 Å². The van der Waals surface area contributed by atoms with Crippen molar-refractivity contribution >= 4 is 5.78 Å². The Kier molecular flexibility index (Phi) is 10.4. The molecule has 0 aromatic carbocycles. The van der Waals surface area contributed by atoms with Crippen LogP contribution in [0.15, 0.2) is 0 Å². The lowest BCUT2D eigenvalue weighted by molar-refractivity contribution is -0.117. The second kappa shape index (κ2) is 10.7. The van der Waals surface area contributed by atoms with Gasteiger partial charge in [-0.2, -0.15) is 0 Å². The van der Waals surface area contributed by atoms with Crippen LogP contribution in [0.3, 0.4) is 0 Å². The van der Waals surface area contributed by atoms with E-state index >= 15 is 0 Å². The number of carbonyl (C=O) groups is 1. The first-order valence-corrected chi connectivity index (χ1v) is 5.42. The fourth-order valence-corrected chi connectivity index (χ4v) is 0.992. The van der Waals surface area contributed by atoms with Gasteiger partial charge in [0.1, 0.15) is 5.78 Å². The summed E-state index contributed by atoms with van der Waals surface area (Å²) in [6.07, 6.45) is 3.73. The fraction of sp³-hybridized carbons (Fsp3) is 0.909. The van der Waals surface area contributed by atoms with Gasteiger partial charge in [-0.3, -0.25) is 0 Å². The second-order valence-corrected chi connectivity index (χ2v) is 3.38. The van der Waals surface area contributed by atoms with E-state index in [-0.39, 0.29) is 5.78 Å². The molecule has 0 aliphatic carbocycles. The van der Waals surface area contributed by atoms with Crippen molar-refractivity contribution in [2.75, 3.05) is 26.4 Å². The fourth-order valence-electron chi connectivity index (χ4n) is 0.992. The predicted octanol–water partition coefficient (Wildman–Crippen LogP) is 2.19. The Hall–Kier alpha value is -0.410. The Morgan fingerprint density at radius 1 is 1.00 bits per heavy atom. The highest BCUT2D eigenvalue weighted by Crippen LogP contribution is 1.92. The topological polar surface area (TPSA) is 35.5 Å². The average molecular weight is 202 g/mol. The SMILES string of the molecule is CCCCOCCOCCCC(C)=O. The van der Waals surface area contributed by atoms with Gasteiger partial charge in [0, 0.05) is 19.6 Å². The number of rotatable bonds is 10. The van der Waals surface area contributed by atoms with E-state index in [0.29, 0.717) is 26.2 Å². The van der Waals surface area contributed by atoms with Gasteiger partial charge in [-0.15, -0.1) is 0 Å². The molecule has 0 aromatic rings. The minimum Gasteiger partial charge on any atom is -0.379 e. The van der Waals surface area contributed by atoms with Crippen molar-refractivity contribution in [1.82, 2.24) is 0 Å². The highest BCUT2D eigenvalue weighted by Gasteiger charge is 1.93. The molecule has 14 heavy (non-hydrogen) atoms. The molecule has 0 heterocycles. The molecule has 0 saturated carbocycles. The summed E-state index contributed by atoms with van der Waals surface area (Å²) in [5.74, 6) is 0.229. The van der Waals surface area contributed by atoms with Crippen LogP contribution < -0.4 is 0 Å². The summed E-state index contributed by atoms with van der Waals surface area (Å²) in [5, 5.41) is 0. The van der Waals surface area contributed by atoms with Gasteiger partial charge in [0.2, 0.25) is 0 Å². The van der Waals surface area contributed by atoms with E-state index in [0.717, 1.165) is 19.4 Å². The van der Waals surface area contributed by atoms with Crippen LogP contribution in [0.25, 0.3) is 0 Å². The summed E-state index contributed by atoms with van der Waals surface area (Å²) < 4.78 is 10.6. The number of hydrogen-bond donors (Lipinski definition) is 0. The molecule has 84 valence electrons. The van der Waals surface area contributed by atoms with Gasteiger partial charge >= 0.3 is 0 Å². The van der Waals surface area contributed by atoms with Crippen LogP contribution in [0.2, 0.25) is 0 Å². The Morgan fingerprint density at radius 2 is 1.57 bits per heavy atom. The van der Waals surface area contributed by atoms with Gasteiger partial charge in [0.15, 0.2) is 0 Å². The quantitative estimate of drug-likeness (QED) is 0.509. The molecule has 3 heteroatoms. The third kappa shape index (κ3) is 11.6. The summed E-state index contributed by atoms with van der Waals surface area (Å²) in [6.45, 7) is 6.54. The van der Waals surface area contributed by atoms with Crippen molar-refractivity contribution in [3.8, 4) is 0 Å². The zero-order valence-corrected chi connectivity index (χ0v) is 9.38. The molecular formula is C11H22O3. The van der Waals surface area contributed by atoms with Crippen LogP contribution in [-0.4, -0.2) is 32.2 Å². The molecule has 0 bridgehead atoms. The van der Waals surface area contributed by atoms with Gasteiger partial charge in [-0.25, -0.2) is 0 Å². The number of ether oxygens (including phenoxy) is 2. The van der Waals surface area contributed by atoms with E-state index < -0.39 is 0 Å². The van der Waals surface area contributed by atoms with Gasteiger partial charge in [0.05, 0.1) is 13.2 Å². The molecule has 0 amide bonds. The molecule has 0 aliphatic rings. The summed E-state index contributed by atoms with van der Waals surface area (Å²) in [7, 11) is 0. The zero-order chi connectivity index (χ0) is 10.6. The van der Waals surface area contributed by atoms with E-state index in [1.165, 1.54) is 6.42 Å². The molecule has 0 rings (SSSR count). The Labute approximate surface area is 86.8 Å². The zero-order valence-electron chi connectivity index (χ0n) is 9.38. The van der Waals surface area contributed by atoms with E-state index in [9.17, 15) is 4.79 Å². The highest BCUT2D eigenvalue weighted by molar-refractivity contribution is 5.75. The Balaban J connectivity index is 2.88. The molecule has 0 aromatic heterocycles. The lowest BCUT2D eigenvalue weighted by Gasteiger charge is -2.04. The normalized spacial score (nSPS) is 10.4. The Morgan fingerprint density at radius 3 is 2.07 bits per heavy atom. The monoisotopic (exact) mass is 202 g/mol. The molecule has 0 saturated heterocycles. The summed E-state index contributed by atoms with van der Waals surface area (Å²) >= 11 is 0. The van der Waals surface area contributed by atoms with Crippen molar-refractivity contribution in [1.29, 1.82) is 0 Å². The molecule has 0 N–H and O–H groups in total. The third-order valence-corrected chi connectivity index (χ3v) is 1.83. The lowest BCUT2D eigenvalue weighted by Crippen LogP contribution is -2.06. The molecule has 3 nitrogen and oxygen atoms in total. The first kappa shape index (κ1) is 13.6. The van der Waals surface area contributed by atoms with Crippen LogP contribution in [-0.2, 0) is 14.3 Å². The summed E-state index contributed by atoms with van der Waals surface area (Å²) in [5.41, 5.74) is 0. The van der Waals surface area contributed by atoms with Crippen LogP contribution in [0, 0.1) is 0 Å². The van der Waals surface area contributed by atoms with Gasteiger partial charge in [0.25, 0.3) is 0 Å². The van der Waals surface area contributed by atoms with Crippen molar-refractivity contribution in [3.63, 3.8) is 0 Å². The highest BCUT2D eigenvalue weighted by atomic mass is 16.5. The molecular weight excluding hydrogens is 180 g/mol. The van der Waals surface area contributed by atoms with Crippen LogP contribution >= 0.6 is 0 Å². The maximum Gasteiger partial charge on any atom is 0.129 e. The van der Waals surface area contributed by atoms with Crippen LogP contribution in [0.4, 0.5) is 0 Å². The van der Waals surface area contributed by atoms with Crippen molar-refractivity contribution < 1.29 is 14.3 Å². The number of ketones is 1. The second-order valence-electron chi connectivity index (χ2n) is 3.38. The third-order valence-electron chi connectivity index (χ3n) is 1.83. The smallest absolute Gasteiger partial charge is 0.129 e. The van der Waals surface area contributed by atoms with Crippen molar-refractivity contribution in [2.24, 2.45) is 0 Å². The molecule has 0 atom stereocenters. The number of carbonyl (C=O) groups excluding carboxylic acids is 1. The number of Topliss-reactive ketones (excluding diaryl/α,β-unsaturated/α-hetero) is 1. The molecule has 0 radical (unpaired) electrons. The van der Waals surface area contributed by atoms with Crippen molar-refractivity contribution in [3.05, 3.63) is 0 Å². The molecule has 0 unspecified atom stereocenters. The minimum atomic E-state index is 0.229. The molecule has 0 aliphatic heterocycles. The minimum absolute atomic E-state index is 0.229. The summed E-state index contributed by atoms with van der Waals surface area (Å²) in [6, 6.07) is 0. The predicted molar refractivity (Wildman–Crippen MR) is 56.5 cm³/mol. The maximum absolute atomic E-state index is 10.6. The van der Waals surface area contributed by atoms with Crippen LogP contribution in [0.1, 0.15) is 39.5 Å². The van der Waals surface area contributed by atoms with Gasteiger partial charge < -0.3 is 14.3 Å². The number of hydrogen-bond acceptors (Lipinski definition) is 3. The average Bonchev–Trinajstić information content (AvgIpc) is 2.15. The maximum atomic E-state index is 10.6. The van der Waals surface area contributed by atoms with E-state index in [1.807, 2.05) is 0 Å². The van der Waals surface area contributed by atoms with Gasteiger partial charge in [-0.05, 0) is 19.8 Å². The first-order valence-electron chi connectivity index (χ1n) is 5.42. The lowest BCUT2D eigenvalue weighted by atomic mass is 10.2. The summed E-state index contributed by atoms with van der Waals surface area (Å²) in [4.78, 5) is 10.6. The first-order chi connectivity index (χ1) is 6.77. The van der Waals surface area contributed by atoms with Gasteiger partial charge in [-0.1, -0.05) is 13.3 Å². The molecule has 0 fully saturated rings. The molecule has 0 spiro atoms. The van der Waals surface area contributed by atoms with E-state index in [2.05, 4.69) is 6.92 Å². The standard InChI is InChI=1S/C11H22O3/c1-3-4-7-13-9-10-14-8-5-6-11(2)12/h3-10H2,1-2H3. The Bertz CT molecular complexity index is 134. The van der Waals surface area contributed by atoms with E-state index in [4.69, 9.17) is 9.47 Å². The van der Waals surface area contributed by atoms with Crippen molar-refractivity contribution in [2.45, 2.75) is 39.5 Å². The number of unbranched alkanes of at least 4 members (excludes halogenated alkanes) is 1. The van der Waals surface area contributed by atoms with Crippen LogP contribution in [0.5, 0.6) is 0 Å².